The monoisotopic (exact) mass is 371 g/mol. The van der Waals surface area contributed by atoms with Gasteiger partial charge in [0.05, 0.1) is 0 Å². The summed E-state index contributed by atoms with van der Waals surface area (Å²) in [6, 6.07) is 10.3. The Morgan fingerprint density at radius 3 is 2.71 bits per heavy atom. The number of benzene rings is 2. The fraction of sp³-hybridized carbons (Fsp3) is 0.250. The average Bonchev–Trinajstić information content (AvgIpc) is 2.39. The first kappa shape index (κ1) is 16.3. The van der Waals surface area contributed by atoms with Crippen LogP contribution in [0.2, 0.25) is 5.02 Å². The highest BCUT2D eigenvalue weighted by molar-refractivity contribution is 9.10. The van der Waals surface area contributed by atoms with E-state index in [0.717, 1.165) is 15.6 Å². The molecule has 0 aliphatic rings. The molecule has 0 heterocycles. The summed E-state index contributed by atoms with van der Waals surface area (Å²) in [6.45, 7) is 2.08. The molecular weight excluding hydrogens is 357 g/mol. The van der Waals surface area contributed by atoms with Gasteiger partial charge < -0.3 is 10.5 Å². The summed E-state index contributed by atoms with van der Waals surface area (Å²) in [7, 11) is 0. The first-order valence-electron chi connectivity index (χ1n) is 6.57. The predicted molar refractivity (Wildman–Crippen MR) is 87.2 cm³/mol. The number of hydrogen-bond acceptors (Lipinski definition) is 2. The zero-order valence-corrected chi connectivity index (χ0v) is 13.9. The maximum absolute atomic E-state index is 14.0. The van der Waals surface area contributed by atoms with Crippen LogP contribution in [0, 0.1) is 5.82 Å². The van der Waals surface area contributed by atoms with Crippen molar-refractivity contribution in [2.45, 2.75) is 26.0 Å². The molecule has 0 bridgehead atoms. The Balaban J connectivity index is 2.19. The van der Waals surface area contributed by atoms with E-state index in [4.69, 9.17) is 22.1 Å². The molecule has 0 fully saturated rings. The summed E-state index contributed by atoms with van der Waals surface area (Å²) < 4.78 is 20.5. The van der Waals surface area contributed by atoms with Crippen LogP contribution >= 0.6 is 27.5 Å². The number of hydrogen-bond donors (Lipinski definition) is 1. The molecule has 0 saturated heterocycles. The van der Waals surface area contributed by atoms with Crippen LogP contribution in [0.5, 0.6) is 5.75 Å². The van der Waals surface area contributed by atoms with E-state index in [9.17, 15) is 4.39 Å². The van der Waals surface area contributed by atoms with Crippen molar-refractivity contribution in [2.75, 3.05) is 0 Å². The molecule has 0 aliphatic carbocycles. The molecule has 1 unspecified atom stereocenters. The Bertz CT molecular complexity index is 634. The van der Waals surface area contributed by atoms with Crippen LogP contribution in [0.15, 0.2) is 40.9 Å². The molecule has 0 spiro atoms. The van der Waals surface area contributed by atoms with Crippen LogP contribution in [0.4, 0.5) is 4.39 Å². The third-order valence-electron chi connectivity index (χ3n) is 2.98. The van der Waals surface area contributed by atoms with Crippen LogP contribution in [-0.2, 0) is 13.0 Å². The quantitative estimate of drug-likeness (QED) is 0.825. The molecule has 2 rings (SSSR count). The molecule has 0 saturated carbocycles. The lowest BCUT2D eigenvalue weighted by Gasteiger charge is -2.14. The van der Waals surface area contributed by atoms with Crippen molar-refractivity contribution in [1.82, 2.24) is 0 Å². The molecule has 0 radical (unpaired) electrons. The van der Waals surface area contributed by atoms with Gasteiger partial charge >= 0.3 is 0 Å². The summed E-state index contributed by atoms with van der Waals surface area (Å²) in [6.07, 6.45) is 0.557. The van der Waals surface area contributed by atoms with Gasteiger partial charge in [0.1, 0.15) is 6.61 Å². The zero-order chi connectivity index (χ0) is 15.4. The van der Waals surface area contributed by atoms with Crippen molar-refractivity contribution in [2.24, 2.45) is 5.73 Å². The van der Waals surface area contributed by atoms with Gasteiger partial charge in [-0.15, -0.1) is 0 Å². The molecule has 112 valence electrons. The lowest BCUT2D eigenvalue weighted by molar-refractivity contribution is 0.286. The van der Waals surface area contributed by atoms with Crippen molar-refractivity contribution in [3.8, 4) is 5.75 Å². The Labute approximate surface area is 137 Å². The van der Waals surface area contributed by atoms with Gasteiger partial charge in [0.25, 0.3) is 0 Å². The molecule has 2 aromatic carbocycles. The van der Waals surface area contributed by atoms with Gasteiger partial charge in [-0.2, -0.15) is 0 Å². The van der Waals surface area contributed by atoms with Gasteiger partial charge in [0.15, 0.2) is 11.6 Å². The largest absolute Gasteiger partial charge is 0.485 e. The fourth-order valence-corrected chi connectivity index (χ4v) is 2.74. The van der Waals surface area contributed by atoms with E-state index in [1.807, 2.05) is 25.1 Å². The first-order valence-corrected chi connectivity index (χ1v) is 7.74. The van der Waals surface area contributed by atoms with Gasteiger partial charge in [0.2, 0.25) is 0 Å². The fourth-order valence-electron chi connectivity index (χ4n) is 2.01. The second-order valence-electron chi connectivity index (χ2n) is 4.93. The van der Waals surface area contributed by atoms with Crippen molar-refractivity contribution in [3.63, 3.8) is 0 Å². The minimum Gasteiger partial charge on any atom is -0.485 e. The lowest BCUT2D eigenvalue weighted by Crippen LogP contribution is -2.18. The lowest BCUT2D eigenvalue weighted by atomic mass is 10.1. The van der Waals surface area contributed by atoms with Crippen molar-refractivity contribution >= 4 is 27.5 Å². The van der Waals surface area contributed by atoms with Crippen molar-refractivity contribution in [3.05, 3.63) is 62.8 Å². The molecule has 5 heteroatoms. The minimum absolute atomic E-state index is 0.0644. The van der Waals surface area contributed by atoms with Crippen LogP contribution < -0.4 is 10.5 Å². The SMILES string of the molecule is CC(N)Cc1cccc(F)c1OCc1ccc(Br)cc1Cl. The Kier molecular flexibility index (Phi) is 5.62. The molecule has 2 N–H and O–H groups in total. The standard InChI is InChI=1S/C16H16BrClFNO/c1-10(20)7-11-3-2-4-15(19)16(11)21-9-12-5-6-13(17)8-14(12)18/h2-6,8,10H,7,9,20H2,1H3. The van der Waals surface area contributed by atoms with Gasteiger partial charge in [-0.25, -0.2) is 4.39 Å². The van der Waals surface area contributed by atoms with Gasteiger partial charge in [-0.1, -0.05) is 45.7 Å². The van der Waals surface area contributed by atoms with Crippen LogP contribution in [0.3, 0.4) is 0 Å². The molecule has 2 nitrogen and oxygen atoms in total. The van der Waals surface area contributed by atoms with Crippen LogP contribution in [0.1, 0.15) is 18.1 Å². The molecule has 0 aromatic heterocycles. The van der Waals surface area contributed by atoms with Crippen molar-refractivity contribution in [1.29, 1.82) is 0 Å². The Hall–Kier alpha value is -1.10. The molecule has 1 atom stereocenters. The van der Waals surface area contributed by atoms with Gasteiger partial charge in [0, 0.05) is 21.1 Å². The molecule has 0 aliphatic heterocycles. The third kappa shape index (κ3) is 4.43. The maximum Gasteiger partial charge on any atom is 0.165 e. The van der Waals surface area contributed by atoms with Crippen LogP contribution in [0.25, 0.3) is 0 Å². The van der Waals surface area contributed by atoms with Gasteiger partial charge in [-0.05, 0) is 37.1 Å². The molecule has 2 aromatic rings. The number of nitrogens with two attached hydrogens (primary N) is 1. The second-order valence-corrected chi connectivity index (χ2v) is 6.26. The summed E-state index contributed by atoms with van der Waals surface area (Å²) in [5.74, 6) is -0.143. The summed E-state index contributed by atoms with van der Waals surface area (Å²) in [5, 5.41) is 0.578. The van der Waals surface area contributed by atoms with Crippen molar-refractivity contribution < 1.29 is 9.13 Å². The van der Waals surface area contributed by atoms with E-state index in [2.05, 4.69) is 15.9 Å². The van der Waals surface area contributed by atoms with E-state index in [1.54, 1.807) is 12.1 Å². The summed E-state index contributed by atoms with van der Waals surface area (Å²) in [5.41, 5.74) is 7.35. The molecule has 21 heavy (non-hydrogen) atoms. The predicted octanol–water partition coefficient (Wildman–Crippen LogP) is 4.71. The first-order chi connectivity index (χ1) is 9.97. The smallest absolute Gasteiger partial charge is 0.165 e. The Morgan fingerprint density at radius 1 is 1.29 bits per heavy atom. The summed E-state index contributed by atoms with van der Waals surface area (Å²) in [4.78, 5) is 0. The normalized spacial score (nSPS) is 12.2. The minimum atomic E-state index is -0.388. The number of rotatable bonds is 5. The topological polar surface area (TPSA) is 35.2 Å². The second kappa shape index (κ2) is 7.25. The van der Waals surface area contributed by atoms with Gasteiger partial charge in [-0.3, -0.25) is 0 Å². The number of ether oxygens (including phenoxy) is 1. The van der Waals surface area contributed by atoms with E-state index in [0.29, 0.717) is 11.4 Å². The summed E-state index contributed by atoms with van der Waals surface area (Å²) >= 11 is 9.48. The van der Waals surface area contributed by atoms with E-state index < -0.39 is 0 Å². The average molecular weight is 373 g/mol. The third-order valence-corrected chi connectivity index (χ3v) is 3.82. The van der Waals surface area contributed by atoms with E-state index >= 15 is 0 Å². The van der Waals surface area contributed by atoms with E-state index in [-0.39, 0.29) is 24.2 Å². The number of para-hydroxylation sites is 1. The Morgan fingerprint density at radius 2 is 2.05 bits per heavy atom. The molecular formula is C16H16BrClFNO. The van der Waals surface area contributed by atoms with Crippen LogP contribution in [-0.4, -0.2) is 6.04 Å². The van der Waals surface area contributed by atoms with E-state index in [1.165, 1.54) is 6.07 Å². The number of halogens is 3. The molecule has 0 amide bonds. The highest BCUT2D eigenvalue weighted by Gasteiger charge is 2.12. The highest BCUT2D eigenvalue weighted by atomic mass is 79.9. The maximum atomic E-state index is 14.0. The zero-order valence-electron chi connectivity index (χ0n) is 11.6. The highest BCUT2D eigenvalue weighted by Crippen LogP contribution is 2.27.